The molecule has 0 aromatic heterocycles. The van der Waals surface area contributed by atoms with Crippen molar-refractivity contribution in [2.45, 2.75) is 135 Å². The van der Waals surface area contributed by atoms with Crippen LogP contribution >= 0.6 is 0 Å². The molecule has 1 atom stereocenters. The van der Waals surface area contributed by atoms with Gasteiger partial charge < -0.3 is 42.0 Å². The van der Waals surface area contributed by atoms with E-state index in [4.69, 9.17) is 16.7 Å². The number of aliphatic hydroxyl groups is 1. The molecule has 1 aliphatic rings. The molecule has 0 fully saturated rings. The molecule has 5 rings (SSSR count). The SMILES string of the molecule is CCCCCCCCCNC(=O)CCCCC(=O)N1Cc2ccccc2/C(N)=C(/N(N)CCCCC(NC(=O)c2ccc(NC(=O)c3ccccc3)cc2)C(=O)NCCCCCCO)c2ccccc21. The highest BCUT2D eigenvalue weighted by atomic mass is 16.3. The molecule has 0 bridgehead atoms. The minimum absolute atomic E-state index is 0.0246. The van der Waals surface area contributed by atoms with Crippen molar-refractivity contribution < 1.29 is 29.1 Å². The fourth-order valence-electron chi connectivity index (χ4n) is 8.66. The lowest BCUT2D eigenvalue weighted by atomic mass is 9.95. The van der Waals surface area contributed by atoms with Gasteiger partial charge in [0.15, 0.2) is 0 Å². The second kappa shape index (κ2) is 30.2. The summed E-state index contributed by atoms with van der Waals surface area (Å²) < 4.78 is 0. The Kier molecular flexibility index (Phi) is 23.5. The predicted molar refractivity (Wildman–Crippen MR) is 280 cm³/mol. The summed E-state index contributed by atoms with van der Waals surface area (Å²) in [6, 6.07) is 29.9. The zero-order valence-corrected chi connectivity index (χ0v) is 41.2. The maximum Gasteiger partial charge on any atom is 0.255 e. The van der Waals surface area contributed by atoms with Gasteiger partial charge in [-0.25, -0.2) is 5.84 Å². The number of amides is 5. The summed E-state index contributed by atoms with van der Waals surface area (Å²) in [5.74, 6) is 5.92. The number of hydrogen-bond donors (Lipinski definition) is 7. The van der Waals surface area contributed by atoms with Gasteiger partial charge in [-0.2, -0.15) is 0 Å². The van der Waals surface area contributed by atoms with Crippen LogP contribution in [0.1, 0.15) is 160 Å². The van der Waals surface area contributed by atoms with Crippen LogP contribution in [0.15, 0.2) is 103 Å². The maximum atomic E-state index is 14.1. The molecule has 0 spiro atoms. The van der Waals surface area contributed by atoms with E-state index >= 15 is 0 Å². The Balaban J connectivity index is 1.21. The first kappa shape index (κ1) is 54.4. The summed E-state index contributed by atoms with van der Waals surface area (Å²) in [7, 11) is 0. The van der Waals surface area contributed by atoms with E-state index in [0.29, 0.717) is 111 Å². The van der Waals surface area contributed by atoms with Crippen molar-refractivity contribution in [1.82, 2.24) is 21.0 Å². The lowest BCUT2D eigenvalue weighted by Gasteiger charge is -2.33. The molecule has 4 aromatic rings. The number of benzene rings is 4. The summed E-state index contributed by atoms with van der Waals surface area (Å²) in [5, 5.41) is 22.6. The van der Waals surface area contributed by atoms with Gasteiger partial charge in [-0.1, -0.05) is 119 Å². The normalized spacial score (nSPS) is 13.5. The van der Waals surface area contributed by atoms with Gasteiger partial charge in [0.05, 0.1) is 23.6 Å². The highest BCUT2D eigenvalue weighted by molar-refractivity contribution is 6.05. The molecule has 70 heavy (non-hydrogen) atoms. The molecule has 1 unspecified atom stereocenters. The van der Waals surface area contributed by atoms with Crippen molar-refractivity contribution >= 4 is 52.3 Å². The lowest BCUT2D eigenvalue weighted by molar-refractivity contribution is -0.123. The number of para-hydroxylation sites is 1. The number of carbonyl (C=O) groups excluding carboxylic acids is 5. The number of nitrogens with two attached hydrogens (primary N) is 2. The second-order valence-electron chi connectivity index (χ2n) is 18.1. The van der Waals surface area contributed by atoms with E-state index in [0.717, 1.165) is 43.2 Å². The van der Waals surface area contributed by atoms with E-state index < -0.39 is 11.9 Å². The molecule has 0 aliphatic carbocycles. The van der Waals surface area contributed by atoms with Gasteiger partial charge in [-0.05, 0) is 99.4 Å². The summed E-state index contributed by atoms with van der Waals surface area (Å²) in [5.41, 5.74) is 12.5. The van der Waals surface area contributed by atoms with Gasteiger partial charge in [0, 0.05) is 67.0 Å². The van der Waals surface area contributed by atoms with Crippen LogP contribution in [0.2, 0.25) is 0 Å². The number of carbonyl (C=O) groups is 5. The first-order valence-electron chi connectivity index (χ1n) is 25.5. The van der Waals surface area contributed by atoms with E-state index in [9.17, 15) is 24.0 Å². The molecule has 1 heterocycles. The van der Waals surface area contributed by atoms with Gasteiger partial charge in [0.1, 0.15) is 6.04 Å². The van der Waals surface area contributed by atoms with E-state index in [-0.39, 0.29) is 36.7 Å². The monoisotopic (exact) mass is 957 g/mol. The molecular formula is C56H76N8O6. The Morgan fingerprint density at radius 2 is 1.26 bits per heavy atom. The number of fused-ring (bicyclic) bond motifs is 2. The van der Waals surface area contributed by atoms with Crippen molar-refractivity contribution in [3.63, 3.8) is 0 Å². The number of hydrazine groups is 1. The van der Waals surface area contributed by atoms with Crippen LogP contribution in [0.5, 0.6) is 0 Å². The largest absolute Gasteiger partial charge is 0.396 e. The zero-order chi connectivity index (χ0) is 49.9. The standard InChI is InChI=1S/C56H76N8O6/c1-2-3-4-5-6-7-20-37-59-50(66)31-17-18-32-51(67)63-41-44-26-13-14-27-46(44)52(57)53(47-28-15-16-30-49(47)63)64(58)39-22-19-29-48(56(70)60-38-21-8-9-23-40-65)62-55(69)43-33-35-45(36-34-43)61-54(68)42-24-11-10-12-25-42/h10-16,24-28,30,33-36,48,65H,2-9,17-23,29,31-32,37-41,57-58H2,1H3,(H,59,66)(H,60,70)(H,61,68)(H,62,69)/b53-52-. The van der Waals surface area contributed by atoms with Gasteiger partial charge in [-0.15, -0.1) is 0 Å². The Hall–Kier alpha value is -6.51. The topological polar surface area (TPSA) is 212 Å². The van der Waals surface area contributed by atoms with Gasteiger partial charge in [0.2, 0.25) is 17.7 Å². The number of rotatable bonds is 30. The van der Waals surface area contributed by atoms with Crippen LogP contribution in [0.3, 0.4) is 0 Å². The quantitative estimate of drug-likeness (QED) is 0.0151. The van der Waals surface area contributed by atoms with Crippen LogP contribution in [-0.4, -0.2) is 71.9 Å². The van der Waals surface area contributed by atoms with Crippen LogP contribution in [0.4, 0.5) is 11.4 Å². The molecular weight excluding hydrogens is 881 g/mol. The van der Waals surface area contributed by atoms with E-state index in [2.05, 4.69) is 28.2 Å². The fourth-order valence-corrected chi connectivity index (χ4v) is 8.66. The average molecular weight is 957 g/mol. The average Bonchev–Trinajstić information content (AvgIpc) is 3.37. The number of aliphatic hydroxyl groups excluding tert-OH is 1. The molecule has 376 valence electrons. The summed E-state index contributed by atoms with van der Waals surface area (Å²) >= 11 is 0. The Morgan fingerprint density at radius 1 is 0.643 bits per heavy atom. The molecule has 0 saturated carbocycles. The molecule has 9 N–H and O–H groups in total. The van der Waals surface area contributed by atoms with E-state index in [1.165, 1.54) is 32.1 Å². The van der Waals surface area contributed by atoms with Gasteiger partial charge in [0.25, 0.3) is 11.8 Å². The second-order valence-corrected chi connectivity index (χ2v) is 18.1. The third-order valence-electron chi connectivity index (χ3n) is 12.7. The fraction of sp³-hybridized carbons (Fsp3) is 0.446. The van der Waals surface area contributed by atoms with Crippen molar-refractivity contribution in [1.29, 1.82) is 0 Å². The number of anilines is 2. The first-order valence-corrected chi connectivity index (χ1v) is 25.5. The Morgan fingerprint density at radius 3 is 1.99 bits per heavy atom. The Labute approximate surface area is 415 Å². The number of unbranched alkanes of at least 4 members (excludes halogenated alkanes) is 11. The minimum Gasteiger partial charge on any atom is -0.396 e. The zero-order valence-electron chi connectivity index (χ0n) is 41.2. The molecule has 0 radical (unpaired) electrons. The Bertz CT molecular complexity index is 2300. The molecule has 14 nitrogen and oxygen atoms in total. The van der Waals surface area contributed by atoms with E-state index in [1.54, 1.807) is 58.4 Å². The van der Waals surface area contributed by atoms with Crippen molar-refractivity contribution in [2.75, 3.05) is 36.5 Å². The highest BCUT2D eigenvalue weighted by Crippen LogP contribution is 2.37. The summed E-state index contributed by atoms with van der Waals surface area (Å²) in [6.45, 7) is 4.14. The number of nitrogens with one attached hydrogen (secondary N) is 4. The third kappa shape index (κ3) is 17.5. The molecule has 5 amide bonds. The lowest BCUT2D eigenvalue weighted by Crippen LogP contribution is -2.47. The highest BCUT2D eigenvalue weighted by Gasteiger charge is 2.28. The number of nitrogens with zero attached hydrogens (tertiary/aromatic N) is 2. The van der Waals surface area contributed by atoms with Crippen LogP contribution in [-0.2, 0) is 20.9 Å². The van der Waals surface area contributed by atoms with Crippen molar-refractivity contribution in [3.05, 3.63) is 131 Å². The molecule has 14 heteroatoms. The van der Waals surface area contributed by atoms with Crippen LogP contribution < -0.4 is 37.7 Å². The smallest absolute Gasteiger partial charge is 0.255 e. The van der Waals surface area contributed by atoms with Crippen LogP contribution in [0.25, 0.3) is 11.4 Å². The minimum atomic E-state index is -0.837. The predicted octanol–water partition coefficient (Wildman–Crippen LogP) is 8.81. The number of hydrogen-bond acceptors (Lipinski definition) is 9. The molecule has 0 saturated heterocycles. The summed E-state index contributed by atoms with van der Waals surface area (Å²) in [4.78, 5) is 68.4. The van der Waals surface area contributed by atoms with E-state index in [1.807, 2.05) is 54.6 Å². The first-order chi connectivity index (χ1) is 34.1. The maximum absolute atomic E-state index is 14.1. The third-order valence-corrected chi connectivity index (χ3v) is 12.7. The van der Waals surface area contributed by atoms with Gasteiger partial charge >= 0.3 is 0 Å². The molecule has 4 aromatic carbocycles. The molecule has 1 aliphatic heterocycles. The van der Waals surface area contributed by atoms with Gasteiger partial charge in [-0.3, -0.25) is 24.0 Å². The van der Waals surface area contributed by atoms with Crippen molar-refractivity contribution in [2.24, 2.45) is 11.6 Å². The van der Waals surface area contributed by atoms with Crippen LogP contribution in [0, 0.1) is 0 Å². The summed E-state index contributed by atoms with van der Waals surface area (Å²) in [6.07, 6.45) is 14.8. The van der Waals surface area contributed by atoms with Crippen molar-refractivity contribution in [3.8, 4) is 0 Å².